The van der Waals surface area contributed by atoms with Crippen LogP contribution in [0.4, 0.5) is 0 Å². The molecule has 25 heavy (non-hydrogen) atoms. The third-order valence-electron chi connectivity index (χ3n) is 4.22. The van der Waals surface area contributed by atoms with Gasteiger partial charge in [-0.1, -0.05) is 18.2 Å². The van der Waals surface area contributed by atoms with Crippen molar-refractivity contribution in [3.8, 4) is 11.6 Å². The van der Waals surface area contributed by atoms with Crippen LogP contribution in [0.15, 0.2) is 67.0 Å². The maximum atomic E-state index is 6.14. The van der Waals surface area contributed by atoms with Gasteiger partial charge in [-0.3, -0.25) is 4.98 Å². The van der Waals surface area contributed by atoms with E-state index in [0.717, 1.165) is 38.8 Å². The number of rotatable bonds is 2. The third kappa shape index (κ3) is 2.29. The molecule has 120 valence electrons. The van der Waals surface area contributed by atoms with Crippen LogP contribution in [0.25, 0.3) is 27.3 Å². The van der Waals surface area contributed by atoms with Crippen molar-refractivity contribution >= 4 is 27.3 Å². The van der Waals surface area contributed by atoms with Crippen LogP contribution in [0.3, 0.4) is 0 Å². The first-order chi connectivity index (χ1) is 12.3. The minimum Gasteiger partial charge on any atom is -0.438 e. The van der Waals surface area contributed by atoms with Crippen molar-refractivity contribution in [2.75, 3.05) is 0 Å². The Morgan fingerprint density at radius 2 is 1.88 bits per heavy atom. The molecular weight excluding hydrogens is 312 g/mol. The van der Waals surface area contributed by atoms with Crippen LogP contribution < -0.4 is 4.74 Å². The highest BCUT2D eigenvalue weighted by Gasteiger charge is 2.12. The summed E-state index contributed by atoms with van der Waals surface area (Å²) in [6.45, 7) is 1.96. The lowest BCUT2D eigenvalue weighted by atomic mass is 10.2. The number of fused-ring (bicyclic) bond motifs is 4. The maximum Gasteiger partial charge on any atom is 0.230 e. The smallest absolute Gasteiger partial charge is 0.230 e. The number of hydrogen-bond donors (Lipinski definition) is 0. The van der Waals surface area contributed by atoms with Crippen molar-refractivity contribution in [2.24, 2.45) is 0 Å². The molecule has 0 aliphatic heterocycles. The van der Waals surface area contributed by atoms with Gasteiger partial charge in [-0.15, -0.1) is 0 Å². The SMILES string of the molecule is Cc1cc2nc(Oc3ccc4ccncc4c3)c3ccccc3n2n1. The molecule has 0 bridgehead atoms. The highest BCUT2D eigenvalue weighted by Crippen LogP contribution is 2.30. The monoisotopic (exact) mass is 326 g/mol. The predicted molar refractivity (Wildman–Crippen MR) is 97.0 cm³/mol. The fourth-order valence-corrected chi connectivity index (χ4v) is 3.06. The van der Waals surface area contributed by atoms with Gasteiger partial charge >= 0.3 is 0 Å². The summed E-state index contributed by atoms with van der Waals surface area (Å²) in [7, 11) is 0. The first-order valence-corrected chi connectivity index (χ1v) is 8.05. The lowest BCUT2D eigenvalue weighted by Gasteiger charge is -2.10. The molecular formula is C20H14N4O. The first-order valence-electron chi connectivity index (χ1n) is 8.05. The van der Waals surface area contributed by atoms with Gasteiger partial charge in [0.1, 0.15) is 5.75 Å². The van der Waals surface area contributed by atoms with Crippen LogP contribution >= 0.6 is 0 Å². The number of pyridine rings is 1. The molecule has 0 N–H and O–H groups in total. The molecule has 2 aromatic carbocycles. The number of nitrogens with zero attached hydrogens (tertiary/aromatic N) is 4. The Bertz CT molecular complexity index is 1240. The second-order valence-corrected chi connectivity index (χ2v) is 5.98. The Morgan fingerprint density at radius 1 is 0.960 bits per heavy atom. The molecule has 5 rings (SSSR count). The van der Waals surface area contributed by atoms with E-state index in [1.54, 1.807) is 6.20 Å². The van der Waals surface area contributed by atoms with E-state index in [0.29, 0.717) is 5.88 Å². The van der Waals surface area contributed by atoms with Crippen LogP contribution in [0.1, 0.15) is 5.69 Å². The first kappa shape index (κ1) is 13.9. The molecule has 5 aromatic rings. The molecule has 0 aliphatic rings. The molecule has 0 unspecified atom stereocenters. The molecule has 0 saturated carbocycles. The molecule has 0 aliphatic carbocycles. The number of para-hydroxylation sites is 1. The van der Waals surface area contributed by atoms with Crippen molar-refractivity contribution in [1.82, 2.24) is 19.6 Å². The van der Waals surface area contributed by atoms with Crippen LogP contribution in [-0.4, -0.2) is 19.6 Å². The van der Waals surface area contributed by atoms with Crippen molar-refractivity contribution in [3.05, 3.63) is 72.7 Å². The lowest BCUT2D eigenvalue weighted by molar-refractivity contribution is 0.470. The Balaban J connectivity index is 1.70. The molecule has 0 saturated heterocycles. The lowest BCUT2D eigenvalue weighted by Crippen LogP contribution is -1.97. The zero-order chi connectivity index (χ0) is 16.8. The number of ether oxygens (including phenoxy) is 1. The van der Waals surface area contributed by atoms with Crippen LogP contribution in [0.5, 0.6) is 11.6 Å². The topological polar surface area (TPSA) is 52.3 Å². The summed E-state index contributed by atoms with van der Waals surface area (Å²) < 4.78 is 7.99. The van der Waals surface area contributed by atoms with E-state index in [1.165, 1.54) is 0 Å². The van der Waals surface area contributed by atoms with E-state index < -0.39 is 0 Å². The summed E-state index contributed by atoms with van der Waals surface area (Å²) in [5.41, 5.74) is 2.67. The van der Waals surface area contributed by atoms with Crippen LogP contribution in [0.2, 0.25) is 0 Å². The fourth-order valence-electron chi connectivity index (χ4n) is 3.06. The van der Waals surface area contributed by atoms with Gasteiger partial charge in [0.15, 0.2) is 5.65 Å². The predicted octanol–water partition coefficient (Wildman–Crippen LogP) is 4.53. The average molecular weight is 326 g/mol. The highest BCUT2D eigenvalue weighted by molar-refractivity contribution is 5.87. The number of aromatic nitrogens is 4. The number of aryl methyl sites for hydroxylation is 1. The molecule has 0 spiro atoms. The van der Waals surface area contributed by atoms with Gasteiger partial charge in [-0.05, 0) is 42.6 Å². The second-order valence-electron chi connectivity index (χ2n) is 5.98. The summed E-state index contributed by atoms with van der Waals surface area (Å²) >= 11 is 0. The van der Waals surface area contributed by atoms with Crippen molar-refractivity contribution < 1.29 is 4.74 Å². The van der Waals surface area contributed by atoms with Gasteiger partial charge in [0.05, 0.1) is 16.6 Å². The zero-order valence-electron chi connectivity index (χ0n) is 13.5. The minimum atomic E-state index is 0.575. The average Bonchev–Trinajstić information content (AvgIpc) is 3.02. The summed E-state index contributed by atoms with van der Waals surface area (Å²) in [5.74, 6) is 1.31. The Kier molecular flexibility index (Phi) is 2.94. The fraction of sp³-hybridized carbons (Fsp3) is 0.0500. The molecule has 0 radical (unpaired) electrons. The van der Waals surface area contributed by atoms with E-state index in [2.05, 4.69) is 15.1 Å². The molecule has 5 heteroatoms. The highest BCUT2D eigenvalue weighted by atomic mass is 16.5. The van der Waals surface area contributed by atoms with Gasteiger partial charge in [-0.2, -0.15) is 10.1 Å². The van der Waals surface area contributed by atoms with E-state index in [1.807, 2.05) is 72.2 Å². The van der Waals surface area contributed by atoms with Crippen LogP contribution in [-0.2, 0) is 0 Å². The minimum absolute atomic E-state index is 0.575. The van der Waals surface area contributed by atoms with Gasteiger partial charge in [0.25, 0.3) is 0 Å². The molecule has 3 heterocycles. The second kappa shape index (κ2) is 5.27. The Morgan fingerprint density at radius 3 is 2.84 bits per heavy atom. The van der Waals surface area contributed by atoms with Crippen molar-refractivity contribution in [3.63, 3.8) is 0 Å². The maximum absolute atomic E-state index is 6.14. The van der Waals surface area contributed by atoms with Crippen LogP contribution in [0, 0.1) is 6.92 Å². The van der Waals surface area contributed by atoms with Gasteiger partial charge < -0.3 is 4.74 Å². The number of benzene rings is 2. The van der Waals surface area contributed by atoms with Crippen molar-refractivity contribution in [1.29, 1.82) is 0 Å². The molecule has 0 atom stereocenters. The van der Waals surface area contributed by atoms with E-state index in [-0.39, 0.29) is 0 Å². The molecule has 5 nitrogen and oxygen atoms in total. The molecule has 0 fully saturated rings. The zero-order valence-corrected chi connectivity index (χ0v) is 13.5. The summed E-state index contributed by atoms with van der Waals surface area (Å²) in [6.07, 6.45) is 3.62. The Hall–Kier alpha value is -3.47. The Labute approximate surface area is 143 Å². The molecule has 3 aromatic heterocycles. The van der Waals surface area contributed by atoms with Gasteiger partial charge in [-0.25, -0.2) is 4.52 Å². The molecule has 0 amide bonds. The third-order valence-corrected chi connectivity index (χ3v) is 4.22. The summed E-state index contributed by atoms with van der Waals surface area (Å²) in [6, 6.07) is 17.9. The van der Waals surface area contributed by atoms with Gasteiger partial charge in [0, 0.05) is 23.8 Å². The van der Waals surface area contributed by atoms with E-state index in [9.17, 15) is 0 Å². The summed E-state index contributed by atoms with van der Waals surface area (Å²) in [5, 5.41) is 7.60. The summed E-state index contributed by atoms with van der Waals surface area (Å²) in [4.78, 5) is 8.83. The quantitative estimate of drug-likeness (QED) is 0.478. The van der Waals surface area contributed by atoms with Gasteiger partial charge in [0.2, 0.25) is 5.88 Å². The van der Waals surface area contributed by atoms with E-state index in [4.69, 9.17) is 4.74 Å². The van der Waals surface area contributed by atoms with Crippen molar-refractivity contribution in [2.45, 2.75) is 6.92 Å². The van der Waals surface area contributed by atoms with E-state index >= 15 is 0 Å². The number of hydrogen-bond acceptors (Lipinski definition) is 4. The normalized spacial score (nSPS) is 11.4. The largest absolute Gasteiger partial charge is 0.438 e. The standard InChI is InChI=1S/C20H14N4O/c1-13-10-19-22-20(17-4-2-3-5-18(17)24(19)23-13)25-16-7-6-14-8-9-21-12-15(14)11-16/h2-12H,1H3.